The molecule has 0 radical (unpaired) electrons. The van der Waals surface area contributed by atoms with Crippen LogP contribution in [0.4, 0.5) is 0 Å². The molecule has 230 valence electrons. The Kier molecular flexibility index (Phi) is 6.04. The van der Waals surface area contributed by atoms with Crippen molar-refractivity contribution in [2.24, 2.45) is 4.99 Å². The molecule has 0 bridgehead atoms. The van der Waals surface area contributed by atoms with E-state index in [-0.39, 0.29) is 0 Å². The van der Waals surface area contributed by atoms with Crippen LogP contribution in [-0.2, 0) is 6.42 Å². The smallest absolute Gasteiger partial charge is 0.0634 e. The van der Waals surface area contributed by atoms with Gasteiger partial charge >= 0.3 is 0 Å². The minimum atomic E-state index is 0.766. The fourth-order valence-electron chi connectivity index (χ4n) is 8.25. The summed E-state index contributed by atoms with van der Waals surface area (Å²) >= 11 is 0. The molecule has 0 saturated heterocycles. The normalized spacial score (nSPS) is 12.7. The van der Waals surface area contributed by atoms with E-state index in [1.165, 1.54) is 88.7 Å². The van der Waals surface area contributed by atoms with Crippen molar-refractivity contribution in [3.05, 3.63) is 180 Å². The van der Waals surface area contributed by atoms with Gasteiger partial charge in [-0.05, 0) is 88.2 Å². The quantitative estimate of drug-likeness (QED) is 0.173. The molecule has 0 N–H and O–H groups in total. The van der Waals surface area contributed by atoms with Crippen molar-refractivity contribution in [3.63, 3.8) is 0 Å². The van der Waals surface area contributed by atoms with E-state index < -0.39 is 0 Å². The molecule has 0 amide bonds. The zero-order valence-electron chi connectivity index (χ0n) is 27.2. The molecular formula is C47H32N2. The lowest BCUT2D eigenvalue weighted by molar-refractivity contribution is 1.19. The average molecular weight is 625 g/mol. The molecule has 8 aromatic rings. The Labute approximate surface area is 286 Å². The SMILES string of the molecule is C=C(N=C(C)c1cccc2c1-c1ccccc1C2)c1cc2c3c(c1)c1ccccc1n3-c1ccc(-c3ccccc3)cc1-c1ccccc1-2. The summed E-state index contributed by atoms with van der Waals surface area (Å²) in [6.45, 7) is 6.71. The van der Waals surface area contributed by atoms with Gasteiger partial charge in [-0.25, -0.2) is 0 Å². The maximum Gasteiger partial charge on any atom is 0.0634 e. The van der Waals surface area contributed by atoms with Crippen molar-refractivity contribution in [1.29, 1.82) is 0 Å². The van der Waals surface area contributed by atoms with E-state index in [2.05, 4.69) is 170 Å². The standard InChI is InChI=1S/C47H32N2/c1-29(48-30(2)36-21-12-16-34-25-33-15-6-7-17-37(33)46(34)36)35-27-42-39-19-9-8-18-38(39)41-26-32(31-13-4-3-5-14-31)23-24-45(41)49-44-22-11-10-20-40(44)43(28-35)47(42)49/h3-24,26-28H,1,25H2,2H3. The summed E-state index contributed by atoms with van der Waals surface area (Å²) in [4.78, 5) is 5.23. The van der Waals surface area contributed by atoms with Crippen LogP contribution in [0.2, 0.25) is 0 Å². The number of rotatable bonds is 4. The van der Waals surface area contributed by atoms with Gasteiger partial charge in [-0.2, -0.15) is 0 Å². The molecule has 1 aromatic heterocycles. The summed E-state index contributed by atoms with van der Waals surface area (Å²) in [5.41, 5.74) is 20.2. The Morgan fingerprint density at radius 3 is 2.14 bits per heavy atom. The van der Waals surface area contributed by atoms with E-state index in [0.29, 0.717) is 0 Å². The van der Waals surface area contributed by atoms with Crippen LogP contribution in [0.1, 0.15) is 29.2 Å². The first-order valence-corrected chi connectivity index (χ1v) is 17.0. The van der Waals surface area contributed by atoms with Gasteiger partial charge in [-0.3, -0.25) is 4.99 Å². The maximum atomic E-state index is 5.23. The zero-order chi connectivity index (χ0) is 32.6. The predicted molar refractivity (Wildman–Crippen MR) is 207 cm³/mol. The first-order chi connectivity index (χ1) is 24.1. The molecule has 49 heavy (non-hydrogen) atoms. The van der Waals surface area contributed by atoms with Gasteiger partial charge in [-0.15, -0.1) is 0 Å². The van der Waals surface area contributed by atoms with Crippen LogP contribution >= 0.6 is 0 Å². The topological polar surface area (TPSA) is 17.3 Å². The van der Waals surface area contributed by atoms with Gasteiger partial charge in [0, 0.05) is 38.7 Å². The molecule has 7 aromatic carbocycles. The largest absolute Gasteiger partial charge is 0.308 e. The fraction of sp³-hybridized carbons (Fsp3) is 0.0426. The Hall–Kier alpha value is -6.25. The van der Waals surface area contributed by atoms with Gasteiger partial charge in [-0.1, -0.05) is 128 Å². The number of aliphatic imine (C=N–C) groups is 1. The van der Waals surface area contributed by atoms with Crippen LogP contribution in [0.3, 0.4) is 0 Å². The van der Waals surface area contributed by atoms with Gasteiger partial charge in [0.15, 0.2) is 0 Å². The van der Waals surface area contributed by atoms with E-state index in [9.17, 15) is 0 Å². The molecule has 10 rings (SSSR count). The van der Waals surface area contributed by atoms with E-state index in [1.54, 1.807) is 0 Å². The van der Waals surface area contributed by atoms with Gasteiger partial charge in [0.25, 0.3) is 0 Å². The summed E-state index contributed by atoms with van der Waals surface area (Å²) in [6.07, 6.45) is 0.965. The Balaban J connectivity index is 1.19. The molecule has 0 spiro atoms. The maximum absolute atomic E-state index is 5.23. The van der Waals surface area contributed by atoms with E-state index in [1.807, 2.05) is 0 Å². The highest BCUT2D eigenvalue weighted by Gasteiger charge is 2.26. The number of benzene rings is 7. The van der Waals surface area contributed by atoms with E-state index >= 15 is 0 Å². The Bertz CT molecular complexity index is 2700. The third-order valence-corrected chi connectivity index (χ3v) is 10.5. The molecule has 1 aliphatic heterocycles. The van der Waals surface area contributed by atoms with Crippen molar-refractivity contribution in [2.45, 2.75) is 13.3 Å². The minimum Gasteiger partial charge on any atom is -0.308 e. The first-order valence-electron chi connectivity index (χ1n) is 17.0. The monoisotopic (exact) mass is 624 g/mol. The second-order valence-corrected chi connectivity index (χ2v) is 13.2. The predicted octanol–water partition coefficient (Wildman–Crippen LogP) is 12.1. The van der Waals surface area contributed by atoms with Gasteiger partial charge < -0.3 is 4.57 Å². The third-order valence-electron chi connectivity index (χ3n) is 10.5. The third kappa shape index (κ3) is 4.17. The average Bonchev–Trinajstić information content (AvgIpc) is 3.67. The van der Waals surface area contributed by atoms with Gasteiger partial charge in [0.2, 0.25) is 0 Å². The van der Waals surface area contributed by atoms with Crippen molar-refractivity contribution < 1.29 is 0 Å². The summed E-state index contributed by atoms with van der Waals surface area (Å²) in [7, 11) is 0. The Morgan fingerprint density at radius 2 is 1.29 bits per heavy atom. The second-order valence-electron chi connectivity index (χ2n) is 13.2. The van der Waals surface area contributed by atoms with Crippen molar-refractivity contribution in [2.75, 3.05) is 0 Å². The molecule has 1 aliphatic carbocycles. The van der Waals surface area contributed by atoms with Gasteiger partial charge in [0.1, 0.15) is 0 Å². The second kappa shape index (κ2) is 10.6. The van der Waals surface area contributed by atoms with E-state index in [0.717, 1.165) is 23.4 Å². The van der Waals surface area contributed by atoms with Crippen molar-refractivity contribution in [1.82, 2.24) is 4.57 Å². The van der Waals surface area contributed by atoms with E-state index in [4.69, 9.17) is 4.99 Å². The number of aromatic nitrogens is 1. The lowest BCUT2D eigenvalue weighted by atomic mass is 9.91. The van der Waals surface area contributed by atoms with Crippen LogP contribution in [-0.4, -0.2) is 10.3 Å². The Morgan fingerprint density at radius 1 is 0.571 bits per heavy atom. The zero-order valence-corrected chi connectivity index (χ0v) is 27.2. The molecule has 2 heterocycles. The number of fused-ring (bicyclic) bond motifs is 11. The molecule has 0 unspecified atom stereocenters. The van der Waals surface area contributed by atoms with Crippen LogP contribution in [0.15, 0.2) is 163 Å². The van der Waals surface area contributed by atoms with Crippen LogP contribution in [0.25, 0.3) is 77.7 Å². The highest BCUT2D eigenvalue weighted by Crippen LogP contribution is 2.48. The number of hydrogen-bond acceptors (Lipinski definition) is 1. The highest BCUT2D eigenvalue weighted by molar-refractivity contribution is 6.17. The summed E-state index contributed by atoms with van der Waals surface area (Å²) in [5, 5.41) is 2.44. The summed E-state index contributed by atoms with van der Waals surface area (Å²) in [5.74, 6) is 0. The molecule has 0 fully saturated rings. The minimum absolute atomic E-state index is 0.766. The van der Waals surface area contributed by atoms with Crippen molar-refractivity contribution in [3.8, 4) is 50.2 Å². The molecule has 0 atom stereocenters. The molecule has 2 aliphatic rings. The van der Waals surface area contributed by atoms with Crippen LogP contribution in [0, 0.1) is 0 Å². The number of para-hydroxylation sites is 1. The van der Waals surface area contributed by atoms with Crippen molar-refractivity contribution >= 4 is 33.2 Å². The molecule has 2 nitrogen and oxygen atoms in total. The van der Waals surface area contributed by atoms with Gasteiger partial charge in [0.05, 0.1) is 22.4 Å². The summed E-state index contributed by atoms with van der Waals surface area (Å²) < 4.78 is 2.47. The van der Waals surface area contributed by atoms with Crippen LogP contribution in [0.5, 0.6) is 0 Å². The van der Waals surface area contributed by atoms with Crippen LogP contribution < -0.4 is 0 Å². The lowest BCUT2D eigenvalue weighted by Gasteiger charge is -2.14. The fourth-order valence-corrected chi connectivity index (χ4v) is 8.25. The summed E-state index contributed by atoms with van der Waals surface area (Å²) in [6, 6.07) is 55.2. The highest BCUT2D eigenvalue weighted by atomic mass is 15.0. The molecular weight excluding hydrogens is 593 g/mol. The first kappa shape index (κ1) is 27.8. The number of hydrogen-bond donors (Lipinski definition) is 0. The molecule has 0 saturated carbocycles. The lowest BCUT2D eigenvalue weighted by Crippen LogP contribution is -1.99. The number of nitrogens with zero attached hydrogens (tertiary/aromatic N) is 2. The molecule has 2 heteroatoms.